The molecule has 0 unspecified atom stereocenters. The Hall–Kier alpha value is -0.590. The van der Waals surface area contributed by atoms with Crippen molar-refractivity contribution >= 4 is 5.71 Å². The van der Waals surface area contributed by atoms with E-state index in [1.54, 1.807) is 5.71 Å². The topological polar surface area (TPSA) is 3.01 Å². The van der Waals surface area contributed by atoms with Gasteiger partial charge in [0.05, 0.1) is 6.42 Å². The maximum Gasteiger partial charge on any atom is 0.165 e. The van der Waals surface area contributed by atoms with Gasteiger partial charge in [0, 0.05) is 5.92 Å². The lowest BCUT2D eigenvalue weighted by atomic mass is 10.1. The molecule has 1 heterocycles. The first kappa shape index (κ1) is 8.51. The Kier molecular flexibility index (Phi) is 2.48. The minimum absolute atomic E-state index is 0.617. The van der Waals surface area contributed by atoms with E-state index in [0.717, 1.165) is 6.42 Å². The molecule has 0 amide bonds. The average Bonchev–Trinajstić information content (AvgIpc) is 2.32. The molecule has 62 valence electrons. The van der Waals surface area contributed by atoms with Crippen LogP contribution in [0.2, 0.25) is 0 Å². The molecule has 0 spiro atoms. The highest BCUT2D eigenvalue weighted by Crippen LogP contribution is 2.11. The van der Waals surface area contributed by atoms with E-state index in [1.165, 1.54) is 0 Å². The molecule has 0 saturated carbocycles. The molecular formula is C10H18N+. The molecular weight excluding hydrogens is 134 g/mol. The van der Waals surface area contributed by atoms with Crippen molar-refractivity contribution in [2.75, 3.05) is 0 Å². The van der Waals surface area contributed by atoms with Gasteiger partial charge in [-0.3, -0.25) is 0 Å². The smallest absolute Gasteiger partial charge is 0.165 e. The molecule has 1 aliphatic heterocycles. The maximum atomic E-state index is 2.38. The van der Waals surface area contributed by atoms with Gasteiger partial charge in [0.2, 0.25) is 0 Å². The third-order valence-electron chi connectivity index (χ3n) is 2.15. The third-order valence-corrected chi connectivity index (χ3v) is 2.15. The van der Waals surface area contributed by atoms with E-state index in [0.29, 0.717) is 12.0 Å². The summed E-state index contributed by atoms with van der Waals surface area (Å²) in [6.45, 7) is 8.99. The predicted octanol–water partition coefficient (Wildman–Crippen LogP) is 2.42. The molecule has 0 aromatic heterocycles. The summed E-state index contributed by atoms with van der Waals surface area (Å²) in [5, 5.41) is 0. The molecule has 1 nitrogen and oxygen atoms in total. The van der Waals surface area contributed by atoms with Crippen LogP contribution in [-0.4, -0.2) is 16.3 Å². The van der Waals surface area contributed by atoms with Gasteiger partial charge in [-0.1, -0.05) is 13.8 Å². The number of rotatable bonds is 2. The highest BCUT2D eigenvalue weighted by molar-refractivity contribution is 5.84. The van der Waals surface area contributed by atoms with Crippen molar-refractivity contribution in [3.05, 3.63) is 12.3 Å². The van der Waals surface area contributed by atoms with Crippen LogP contribution in [-0.2, 0) is 0 Å². The summed E-state index contributed by atoms with van der Waals surface area (Å²) in [5.74, 6) is 0.687. The molecule has 0 aliphatic carbocycles. The molecule has 0 bridgehead atoms. The fraction of sp³-hybridized carbons (Fsp3) is 0.700. The summed E-state index contributed by atoms with van der Waals surface area (Å²) in [6.07, 6.45) is 5.60. The van der Waals surface area contributed by atoms with E-state index in [9.17, 15) is 0 Å². The maximum absolute atomic E-state index is 2.38. The average molecular weight is 152 g/mol. The number of hydrogen-bond acceptors (Lipinski definition) is 0. The molecule has 11 heavy (non-hydrogen) atoms. The molecule has 1 heteroatoms. The lowest BCUT2D eigenvalue weighted by Gasteiger charge is -2.06. The summed E-state index contributed by atoms with van der Waals surface area (Å²) in [4.78, 5) is 0. The standard InChI is InChI=1S/C10H18N/c1-8(2)10-6-5-7-11(10)9(3)4/h5,7-9H,6H2,1-4H3/q+1. The van der Waals surface area contributed by atoms with Crippen LogP contribution in [0.15, 0.2) is 12.3 Å². The molecule has 0 aromatic rings. The second-order valence-electron chi connectivity index (χ2n) is 3.74. The van der Waals surface area contributed by atoms with E-state index < -0.39 is 0 Å². The Balaban J connectivity index is 2.84. The van der Waals surface area contributed by atoms with Gasteiger partial charge in [0.1, 0.15) is 0 Å². The Labute approximate surface area is 69.4 Å². The first-order valence-corrected chi connectivity index (χ1v) is 4.43. The van der Waals surface area contributed by atoms with Gasteiger partial charge >= 0.3 is 0 Å². The molecule has 0 radical (unpaired) electrons. The Morgan fingerprint density at radius 1 is 1.27 bits per heavy atom. The lowest BCUT2D eigenvalue weighted by Crippen LogP contribution is -2.23. The summed E-state index contributed by atoms with van der Waals surface area (Å²) in [5.41, 5.74) is 1.56. The van der Waals surface area contributed by atoms with Crippen LogP contribution >= 0.6 is 0 Å². The first-order chi connectivity index (χ1) is 5.13. The first-order valence-electron chi connectivity index (χ1n) is 4.43. The van der Waals surface area contributed by atoms with Crippen molar-refractivity contribution in [1.82, 2.24) is 0 Å². The molecule has 0 N–H and O–H groups in total. The van der Waals surface area contributed by atoms with Gasteiger partial charge < -0.3 is 0 Å². The minimum atomic E-state index is 0.617. The van der Waals surface area contributed by atoms with Gasteiger partial charge in [-0.15, -0.1) is 0 Å². The Morgan fingerprint density at radius 2 is 1.91 bits per heavy atom. The third kappa shape index (κ3) is 1.70. The Morgan fingerprint density at radius 3 is 2.27 bits per heavy atom. The van der Waals surface area contributed by atoms with Gasteiger partial charge in [0.25, 0.3) is 0 Å². The molecule has 0 saturated heterocycles. The fourth-order valence-corrected chi connectivity index (χ4v) is 1.53. The van der Waals surface area contributed by atoms with Crippen molar-refractivity contribution in [3.63, 3.8) is 0 Å². The SMILES string of the molecule is CC(C)C1=[N+](C(C)C)C=CC1. The number of hydrogen-bond donors (Lipinski definition) is 0. The molecule has 0 fully saturated rings. The number of nitrogens with zero attached hydrogens (tertiary/aromatic N) is 1. The second kappa shape index (κ2) is 3.21. The van der Waals surface area contributed by atoms with E-state index >= 15 is 0 Å². The zero-order chi connectivity index (χ0) is 8.43. The zero-order valence-corrected chi connectivity index (χ0v) is 7.96. The van der Waals surface area contributed by atoms with Crippen molar-refractivity contribution < 1.29 is 4.58 Å². The molecule has 1 aliphatic rings. The van der Waals surface area contributed by atoms with Crippen LogP contribution in [0.1, 0.15) is 34.1 Å². The summed E-state index contributed by atoms with van der Waals surface area (Å²) in [6, 6.07) is 0.617. The summed E-state index contributed by atoms with van der Waals surface area (Å²) in [7, 11) is 0. The number of allylic oxidation sites excluding steroid dienone is 1. The van der Waals surface area contributed by atoms with Crippen molar-refractivity contribution in [3.8, 4) is 0 Å². The van der Waals surface area contributed by atoms with E-state index in [1.807, 2.05) is 0 Å². The molecule has 0 aromatic carbocycles. The largest absolute Gasteiger partial charge is 0.204 e. The highest BCUT2D eigenvalue weighted by Gasteiger charge is 2.22. The highest BCUT2D eigenvalue weighted by atomic mass is 15.0. The monoisotopic (exact) mass is 152 g/mol. The van der Waals surface area contributed by atoms with Crippen molar-refractivity contribution in [1.29, 1.82) is 0 Å². The lowest BCUT2D eigenvalue weighted by molar-refractivity contribution is -0.491. The summed E-state index contributed by atoms with van der Waals surface area (Å²) < 4.78 is 2.38. The fourth-order valence-electron chi connectivity index (χ4n) is 1.53. The van der Waals surface area contributed by atoms with Crippen LogP contribution in [0.25, 0.3) is 0 Å². The quantitative estimate of drug-likeness (QED) is 0.535. The van der Waals surface area contributed by atoms with E-state index in [4.69, 9.17) is 0 Å². The van der Waals surface area contributed by atoms with Crippen LogP contribution in [0.4, 0.5) is 0 Å². The van der Waals surface area contributed by atoms with Crippen LogP contribution in [0.5, 0.6) is 0 Å². The van der Waals surface area contributed by atoms with E-state index in [2.05, 4.69) is 44.5 Å². The summed E-state index contributed by atoms with van der Waals surface area (Å²) >= 11 is 0. The van der Waals surface area contributed by atoms with Crippen LogP contribution in [0, 0.1) is 5.92 Å². The van der Waals surface area contributed by atoms with Crippen molar-refractivity contribution in [2.24, 2.45) is 5.92 Å². The van der Waals surface area contributed by atoms with Crippen LogP contribution in [0.3, 0.4) is 0 Å². The Bertz CT molecular complexity index is 197. The second-order valence-corrected chi connectivity index (χ2v) is 3.74. The van der Waals surface area contributed by atoms with Gasteiger partial charge in [-0.05, 0) is 19.9 Å². The minimum Gasteiger partial charge on any atom is -0.204 e. The van der Waals surface area contributed by atoms with Gasteiger partial charge in [-0.25, -0.2) is 4.58 Å². The van der Waals surface area contributed by atoms with Crippen molar-refractivity contribution in [2.45, 2.75) is 40.2 Å². The van der Waals surface area contributed by atoms with Crippen LogP contribution < -0.4 is 0 Å². The molecule has 1 rings (SSSR count). The predicted molar refractivity (Wildman–Crippen MR) is 49.0 cm³/mol. The normalized spacial score (nSPS) is 17.6. The van der Waals surface area contributed by atoms with E-state index in [-0.39, 0.29) is 0 Å². The van der Waals surface area contributed by atoms with Gasteiger partial charge in [-0.2, -0.15) is 0 Å². The molecule has 0 atom stereocenters. The zero-order valence-electron chi connectivity index (χ0n) is 7.96. The van der Waals surface area contributed by atoms with Gasteiger partial charge in [0.15, 0.2) is 18.0 Å².